The van der Waals surface area contributed by atoms with Gasteiger partial charge in [0.1, 0.15) is 0 Å². The Balaban J connectivity index is 1.72. The second-order valence-electron chi connectivity index (χ2n) is 9.06. The van der Waals surface area contributed by atoms with Gasteiger partial charge in [0, 0.05) is 0 Å². The van der Waals surface area contributed by atoms with Gasteiger partial charge in [-0.25, -0.2) is 0 Å². The van der Waals surface area contributed by atoms with Gasteiger partial charge >= 0.3 is 0 Å². The van der Waals surface area contributed by atoms with Crippen molar-refractivity contribution in [3.8, 4) is 0 Å². The first-order valence-electron chi connectivity index (χ1n) is 9.56. The zero-order chi connectivity index (χ0) is 15.5. The molecule has 0 saturated heterocycles. The molecule has 0 aromatic carbocycles. The number of aliphatic hydroxyl groups excluding tert-OH is 1. The lowest BCUT2D eigenvalue weighted by Crippen LogP contribution is -2.46. The fourth-order valence-corrected chi connectivity index (χ4v) is 6.87. The minimum absolute atomic E-state index is 0.146. The minimum Gasteiger partial charge on any atom is -0.393 e. The first-order valence-corrected chi connectivity index (χ1v) is 9.56. The van der Waals surface area contributed by atoms with Crippen molar-refractivity contribution < 1.29 is 5.11 Å². The summed E-state index contributed by atoms with van der Waals surface area (Å²) in [6, 6.07) is 0. The van der Waals surface area contributed by atoms with Crippen LogP contribution in [0.4, 0.5) is 0 Å². The summed E-state index contributed by atoms with van der Waals surface area (Å²) in [5.41, 5.74) is 4.28. The number of hydrogen-bond acceptors (Lipinski definition) is 1. The molecule has 4 aliphatic rings. The summed E-state index contributed by atoms with van der Waals surface area (Å²) in [5.74, 6) is 2.02. The molecule has 4 rings (SSSR count). The quantitative estimate of drug-likeness (QED) is 0.700. The van der Waals surface area contributed by atoms with E-state index in [0.29, 0.717) is 16.7 Å². The van der Waals surface area contributed by atoms with E-state index in [0.717, 1.165) is 11.8 Å². The van der Waals surface area contributed by atoms with Crippen molar-refractivity contribution in [2.45, 2.75) is 78.2 Å². The van der Waals surface area contributed by atoms with Crippen molar-refractivity contribution in [3.63, 3.8) is 0 Å². The van der Waals surface area contributed by atoms with E-state index in [4.69, 9.17) is 0 Å². The molecule has 0 heterocycles. The number of fused-ring (bicyclic) bond motifs is 5. The van der Waals surface area contributed by atoms with Gasteiger partial charge in [0.05, 0.1) is 6.10 Å². The molecule has 0 amide bonds. The highest BCUT2D eigenvalue weighted by Crippen LogP contribution is 2.65. The predicted molar refractivity (Wildman–Crippen MR) is 91.5 cm³/mol. The van der Waals surface area contributed by atoms with Crippen LogP contribution in [0, 0.1) is 28.6 Å². The predicted octanol–water partition coefficient (Wildman–Crippen LogP) is 5.26. The van der Waals surface area contributed by atoms with Crippen molar-refractivity contribution in [2.75, 3.05) is 0 Å². The van der Waals surface area contributed by atoms with Crippen molar-refractivity contribution in [1.29, 1.82) is 0 Å². The number of rotatable bonds is 1. The van der Waals surface area contributed by atoms with Crippen LogP contribution in [0.5, 0.6) is 0 Å². The maximum absolute atomic E-state index is 10.3. The topological polar surface area (TPSA) is 20.2 Å². The number of aliphatic hydroxyl groups is 1. The normalized spacial score (nSPS) is 48.6. The summed E-state index contributed by atoms with van der Waals surface area (Å²) in [7, 11) is 0. The van der Waals surface area contributed by atoms with Crippen molar-refractivity contribution in [3.05, 3.63) is 23.3 Å². The number of hydrogen-bond donors (Lipinski definition) is 1. The minimum atomic E-state index is -0.146. The maximum atomic E-state index is 10.3. The van der Waals surface area contributed by atoms with Crippen LogP contribution in [0.2, 0.25) is 0 Å². The first kappa shape index (κ1) is 15.0. The van der Waals surface area contributed by atoms with E-state index >= 15 is 0 Å². The van der Waals surface area contributed by atoms with E-state index in [9.17, 15) is 5.11 Å². The zero-order valence-corrected chi connectivity index (χ0v) is 14.6. The average Bonchev–Trinajstić information content (AvgIpc) is 2.84. The molecule has 6 atom stereocenters. The average molecular weight is 300 g/mol. The van der Waals surface area contributed by atoms with Crippen LogP contribution >= 0.6 is 0 Å². The van der Waals surface area contributed by atoms with E-state index in [1.165, 1.54) is 51.4 Å². The third-order valence-corrected chi connectivity index (χ3v) is 8.14. The molecule has 22 heavy (non-hydrogen) atoms. The van der Waals surface area contributed by atoms with E-state index in [1.807, 2.05) is 6.92 Å². The second-order valence-corrected chi connectivity index (χ2v) is 9.06. The first-order chi connectivity index (χ1) is 10.5. The molecule has 0 spiro atoms. The van der Waals surface area contributed by atoms with Crippen molar-refractivity contribution in [2.24, 2.45) is 28.6 Å². The van der Waals surface area contributed by atoms with Gasteiger partial charge in [0.25, 0.3) is 0 Å². The van der Waals surface area contributed by atoms with E-state index < -0.39 is 0 Å². The summed E-state index contributed by atoms with van der Waals surface area (Å²) in [5, 5.41) is 10.3. The fraction of sp³-hybridized carbons (Fsp3) is 0.810. The van der Waals surface area contributed by atoms with Gasteiger partial charge < -0.3 is 5.11 Å². The number of allylic oxidation sites excluding steroid dienone is 4. The van der Waals surface area contributed by atoms with Crippen LogP contribution in [-0.2, 0) is 0 Å². The maximum Gasteiger partial charge on any atom is 0.0545 e. The molecule has 0 bridgehead atoms. The van der Waals surface area contributed by atoms with Crippen molar-refractivity contribution in [1.82, 2.24) is 0 Å². The molecule has 1 nitrogen and oxygen atoms in total. The fourth-order valence-electron chi connectivity index (χ4n) is 6.87. The molecule has 0 aliphatic heterocycles. The van der Waals surface area contributed by atoms with Crippen LogP contribution in [0.1, 0.15) is 72.1 Å². The monoisotopic (exact) mass is 300 g/mol. The van der Waals surface area contributed by atoms with Crippen LogP contribution in [0.15, 0.2) is 23.3 Å². The molecule has 3 fully saturated rings. The van der Waals surface area contributed by atoms with Gasteiger partial charge in [-0.3, -0.25) is 0 Å². The summed E-state index contributed by atoms with van der Waals surface area (Å²) in [6.07, 6.45) is 15.6. The third-order valence-electron chi connectivity index (χ3n) is 8.14. The van der Waals surface area contributed by atoms with Gasteiger partial charge in [-0.2, -0.15) is 0 Å². The standard InChI is InChI=1S/C21H32O/c1-14(22)17-9-10-18-16-8-7-15-6-4-5-12-20(15,2)19(16)11-13-21(17,18)3/h7-8,14,17-19,22H,4-6,9-13H2,1-3H3/t14?,17-,18+,19+,20+,21-/m1/s1. The molecule has 1 N–H and O–H groups in total. The highest BCUT2D eigenvalue weighted by atomic mass is 16.3. The molecular formula is C21H32O. The van der Waals surface area contributed by atoms with Gasteiger partial charge in [0.15, 0.2) is 0 Å². The lowest BCUT2D eigenvalue weighted by molar-refractivity contribution is 0.00970. The van der Waals surface area contributed by atoms with Crippen LogP contribution in [-0.4, -0.2) is 11.2 Å². The summed E-state index contributed by atoms with van der Waals surface area (Å²) in [4.78, 5) is 0. The third kappa shape index (κ3) is 1.87. The summed E-state index contributed by atoms with van der Waals surface area (Å²) < 4.78 is 0. The van der Waals surface area contributed by atoms with Gasteiger partial charge in [-0.05, 0) is 80.5 Å². The molecule has 4 aliphatic carbocycles. The Morgan fingerprint density at radius 3 is 2.64 bits per heavy atom. The smallest absolute Gasteiger partial charge is 0.0545 e. The van der Waals surface area contributed by atoms with Gasteiger partial charge in [0.2, 0.25) is 0 Å². The van der Waals surface area contributed by atoms with E-state index in [2.05, 4.69) is 26.0 Å². The Kier molecular flexibility index (Phi) is 3.39. The molecule has 122 valence electrons. The molecule has 1 unspecified atom stereocenters. The molecular weight excluding hydrogens is 268 g/mol. The molecule has 0 aromatic heterocycles. The Morgan fingerprint density at radius 1 is 1.05 bits per heavy atom. The van der Waals surface area contributed by atoms with E-state index in [1.54, 1.807) is 11.1 Å². The van der Waals surface area contributed by atoms with Crippen LogP contribution < -0.4 is 0 Å². The Morgan fingerprint density at radius 2 is 1.86 bits per heavy atom. The molecule has 3 saturated carbocycles. The van der Waals surface area contributed by atoms with Crippen LogP contribution in [0.3, 0.4) is 0 Å². The SMILES string of the molecule is CC(O)[C@H]1CC[C@H]2C3=CC=C4CCCC[C@]4(C)[C@H]3CC[C@]12C. The Hall–Kier alpha value is -0.560. The highest BCUT2D eigenvalue weighted by Gasteiger charge is 2.56. The van der Waals surface area contributed by atoms with E-state index in [-0.39, 0.29) is 6.10 Å². The zero-order valence-electron chi connectivity index (χ0n) is 14.6. The summed E-state index contributed by atoms with van der Waals surface area (Å²) in [6.45, 7) is 7.04. The van der Waals surface area contributed by atoms with Crippen LogP contribution in [0.25, 0.3) is 0 Å². The molecule has 1 heteroatoms. The Labute approximate surface area is 135 Å². The second kappa shape index (κ2) is 4.97. The van der Waals surface area contributed by atoms with Gasteiger partial charge in [-0.15, -0.1) is 0 Å². The van der Waals surface area contributed by atoms with Gasteiger partial charge in [-0.1, -0.05) is 43.6 Å². The van der Waals surface area contributed by atoms with Crippen molar-refractivity contribution >= 4 is 0 Å². The largest absolute Gasteiger partial charge is 0.393 e. The lowest BCUT2D eigenvalue weighted by Gasteiger charge is -2.54. The summed E-state index contributed by atoms with van der Waals surface area (Å²) >= 11 is 0. The Bertz CT molecular complexity index is 528. The highest BCUT2D eigenvalue weighted by molar-refractivity contribution is 5.38. The molecule has 0 radical (unpaired) electrons. The lowest BCUT2D eigenvalue weighted by atomic mass is 9.50. The molecule has 0 aromatic rings.